The first-order valence-corrected chi connectivity index (χ1v) is 9.02. The van der Waals surface area contributed by atoms with Gasteiger partial charge in [0.25, 0.3) is 0 Å². The fourth-order valence-corrected chi connectivity index (χ4v) is 2.92. The molecule has 1 aliphatic heterocycles. The van der Waals surface area contributed by atoms with Crippen molar-refractivity contribution in [2.75, 3.05) is 19.7 Å². The summed E-state index contributed by atoms with van der Waals surface area (Å²) in [6, 6.07) is 6.35. The fraction of sp³-hybridized carbons (Fsp3) is 0.600. The van der Waals surface area contributed by atoms with Gasteiger partial charge in [-0.1, -0.05) is 18.2 Å². The van der Waals surface area contributed by atoms with Gasteiger partial charge in [-0.05, 0) is 63.6 Å². The number of carbonyl (C=O) groups is 2. The van der Waals surface area contributed by atoms with Crippen LogP contribution >= 0.6 is 0 Å². The number of hydrogen-bond donors (Lipinski definition) is 0. The van der Waals surface area contributed by atoms with Crippen LogP contribution in [0.1, 0.15) is 50.8 Å². The second-order valence-corrected chi connectivity index (χ2v) is 7.38. The van der Waals surface area contributed by atoms with Crippen molar-refractivity contribution in [1.82, 2.24) is 4.90 Å². The number of carbonyl (C=O) groups excluding carboxylic acids is 2. The Hall–Kier alpha value is -2.04. The summed E-state index contributed by atoms with van der Waals surface area (Å²) in [5.41, 5.74) is 3.19. The van der Waals surface area contributed by atoms with Crippen LogP contribution in [-0.4, -0.2) is 42.3 Å². The molecule has 0 spiro atoms. The predicted octanol–water partition coefficient (Wildman–Crippen LogP) is 3.52. The molecule has 0 fully saturated rings. The van der Waals surface area contributed by atoms with Gasteiger partial charge in [-0.3, -0.25) is 4.79 Å². The van der Waals surface area contributed by atoms with Crippen LogP contribution in [0.5, 0.6) is 0 Å². The number of nitrogens with zero attached hydrogens (tertiary/aromatic N) is 1. The van der Waals surface area contributed by atoms with Crippen LogP contribution in [0.25, 0.3) is 0 Å². The highest BCUT2D eigenvalue weighted by Crippen LogP contribution is 2.20. The molecule has 0 atom stereocenters. The van der Waals surface area contributed by atoms with E-state index in [-0.39, 0.29) is 12.1 Å². The summed E-state index contributed by atoms with van der Waals surface area (Å²) in [5.74, 6) is -0.159. The van der Waals surface area contributed by atoms with E-state index in [1.54, 1.807) is 4.90 Å². The number of ether oxygens (including phenoxy) is 2. The summed E-state index contributed by atoms with van der Waals surface area (Å²) in [6.45, 7) is 9.21. The molecule has 1 aromatic rings. The Morgan fingerprint density at radius 1 is 1.12 bits per heavy atom. The summed E-state index contributed by atoms with van der Waals surface area (Å²) < 4.78 is 10.5. The van der Waals surface area contributed by atoms with Gasteiger partial charge < -0.3 is 14.4 Å². The Bertz CT molecular complexity index is 619. The molecular weight excluding hydrogens is 318 g/mol. The molecule has 5 nitrogen and oxygen atoms in total. The third-order valence-electron chi connectivity index (χ3n) is 4.15. The molecule has 0 bridgehead atoms. The van der Waals surface area contributed by atoms with E-state index in [0.717, 1.165) is 18.4 Å². The number of benzene rings is 1. The van der Waals surface area contributed by atoms with Gasteiger partial charge in [0.1, 0.15) is 5.60 Å². The fourth-order valence-electron chi connectivity index (χ4n) is 2.92. The zero-order valence-corrected chi connectivity index (χ0v) is 15.8. The van der Waals surface area contributed by atoms with Crippen LogP contribution in [0.3, 0.4) is 0 Å². The van der Waals surface area contributed by atoms with Crippen molar-refractivity contribution in [2.45, 2.75) is 59.0 Å². The number of hydrogen-bond acceptors (Lipinski definition) is 4. The molecule has 0 aliphatic carbocycles. The molecule has 1 aromatic carbocycles. The van der Waals surface area contributed by atoms with E-state index in [1.165, 1.54) is 11.1 Å². The smallest absolute Gasteiger partial charge is 0.410 e. The Morgan fingerprint density at radius 2 is 1.80 bits per heavy atom. The lowest BCUT2D eigenvalue weighted by atomic mass is 9.98. The minimum atomic E-state index is -0.476. The molecule has 1 aliphatic rings. The maximum Gasteiger partial charge on any atom is 0.410 e. The van der Waals surface area contributed by atoms with Crippen LogP contribution < -0.4 is 0 Å². The summed E-state index contributed by atoms with van der Waals surface area (Å²) >= 11 is 0. The topological polar surface area (TPSA) is 55.8 Å². The highest BCUT2D eigenvalue weighted by atomic mass is 16.6. The number of amides is 1. The molecule has 138 valence electrons. The van der Waals surface area contributed by atoms with E-state index >= 15 is 0 Å². The van der Waals surface area contributed by atoms with Crippen LogP contribution in [0.15, 0.2) is 18.2 Å². The van der Waals surface area contributed by atoms with E-state index in [0.29, 0.717) is 32.5 Å². The summed E-state index contributed by atoms with van der Waals surface area (Å²) in [6.07, 6.45) is 2.47. The van der Waals surface area contributed by atoms with Gasteiger partial charge in [-0.25, -0.2) is 4.79 Å². The number of fused-ring (bicyclic) bond motifs is 1. The molecule has 0 N–H and O–H groups in total. The summed E-state index contributed by atoms with van der Waals surface area (Å²) in [5, 5.41) is 0. The predicted molar refractivity (Wildman–Crippen MR) is 96.6 cm³/mol. The second kappa shape index (κ2) is 8.37. The largest absolute Gasteiger partial charge is 0.466 e. The second-order valence-electron chi connectivity index (χ2n) is 7.38. The Balaban J connectivity index is 1.97. The van der Waals surface area contributed by atoms with E-state index in [1.807, 2.05) is 27.7 Å². The van der Waals surface area contributed by atoms with Crippen molar-refractivity contribution < 1.29 is 19.1 Å². The van der Waals surface area contributed by atoms with Crippen LogP contribution in [-0.2, 0) is 33.5 Å². The Morgan fingerprint density at radius 3 is 2.44 bits per heavy atom. The van der Waals surface area contributed by atoms with Gasteiger partial charge in [0.2, 0.25) is 0 Å². The number of rotatable bonds is 4. The molecule has 5 heteroatoms. The highest BCUT2D eigenvalue weighted by molar-refractivity contribution is 5.69. The SMILES string of the molecule is CCOC(=O)CCc1ccc2c(c1)CCN(C(=O)OC(C)(C)C)CC2. The quantitative estimate of drug-likeness (QED) is 0.782. The van der Waals surface area contributed by atoms with Crippen molar-refractivity contribution in [3.63, 3.8) is 0 Å². The zero-order chi connectivity index (χ0) is 18.4. The monoisotopic (exact) mass is 347 g/mol. The minimum Gasteiger partial charge on any atom is -0.466 e. The van der Waals surface area contributed by atoms with Crippen LogP contribution in [0, 0.1) is 0 Å². The van der Waals surface area contributed by atoms with E-state index in [9.17, 15) is 9.59 Å². The van der Waals surface area contributed by atoms with Gasteiger partial charge in [-0.2, -0.15) is 0 Å². The van der Waals surface area contributed by atoms with Gasteiger partial charge in [0, 0.05) is 19.5 Å². The third-order valence-corrected chi connectivity index (χ3v) is 4.15. The van der Waals surface area contributed by atoms with Gasteiger partial charge >= 0.3 is 12.1 Å². The van der Waals surface area contributed by atoms with Crippen LogP contribution in [0.2, 0.25) is 0 Å². The molecule has 0 saturated heterocycles. The Kier molecular flexibility index (Phi) is 6.45. The molecule has 1 heterocycles. The van der Waals surface area contributed by atoms with Gasteiger partial charge in [-0.15, -0.1) is 0 Å². The van der Waals surface area contributed by atoms with E-state index in [4.69, 9.17) is 9.47 Å². The van der Waals surface area contributed by atoms with E-state index in [2.05, 4.69) is 18.2 Å². The molecule has 25 heavy (non-hydrogen) atoms. The van der Waals surface area contributed by atoms with Crippen molar-refractivity contribution in [2.24, 2.45) is 0 Å². The third kappa shape index (κ3) is 6.07. The van der Waals surface area contributed by atoms with Gasteiger partial charge in [0.05, 0.1) is 6.61 Å². The number of aryl methyl sites for hydroxylation is 1. The standard InChI is InChI=1S/C20H29NO4/c1-5-24-18(22)9-7-15-6-8-16-10-12-21(13-11-17(16)14-15)19(23)25-20(2,3)4/h6,8,14H,5,7,9-13H2,1-4H3. The van der Waals surface area contributed by atoms with Crippen molar-refractivity contribution in [3.8, 4) is 0 Å². The summed E-state index contributed by atoms with van der Waals surface area (Å²) in [7, 11) is 0. The highest BCUT2D eigenvalue weighted by Gasteiger charge is 2.24. The molecular formula is C20H29NO4. The zero-order valence-electron chi connectivity index (χ0n) is 15.8. The molecule has 2 rings (SSSR count). The normalized spacial score (nSPS) is 14.5. The van der Waals surface area contributed by atoms with Crippen molar-refractivity contribution >= 4 is 12.1 Å². The summed E-state index contributed by atoms with van der Waals surface area (Å²) in [4.78, 5) is 25.6. The first-order valence-electron chi connectivity index (χ1n) is 9.02. The van der Waals surface area contributed by atoms with Crippen molar-refractivity contribution in [3.05, 3.63) is 34.9 Å². The minimum absolute atomic E-state index is 0.159. The van der Waals surface area contributed by atoms with Crippen LogP contribution in [0.4, 0.5) is 4.79 Å². The van der Waals surface area contributed by atoms with E-state index < -0.39 is 5.60 Å². The number of esters is 1. The molecule has 1 amide bonds. The molecule has 0 aromatic heterocycles. The molecule has 0 saturated carbocycles. The molecule has 0 radical (unpaired) electrons. The molecule has 0 unspecified atom stereocenters. The van der Waals surface area contributed by atoms with Crippen molar-refractivity contribution in [1.29, 1.82) is 0 Å². The average Bonchev–Trinajstić information content (AvgIpc) is 2.73. The van der Waals surface area contributed by atoms with Gasteiger partial charge in [0.15, 0.2) is 0 Å². The lowest BCUT2D eigenvalue weighted by Crippen LogP contribution is -2.38. The maximum atomic E-state index is 12.3. The Labute approximate surface area is 150 Å². The lowest BCUT2D eigenvalue weighted by Gasteiger charge is -2.26. The lowest BCUT2D eigenvalue weighted by molar-refractivity contribution is -0.143. The first kappa shape index (κ1) is 19.3. The first-order chi connectivity index (χ1) is 11.8. The average molecular weight is 347 g/mol. The maximum absolute atomic E-state index is 12.3.